The van der Waals surface area contributed by atoms with Gasteiger partial charge in [-0.1, -0.05) is 24.3 Å². The zero-order valence-corrected chi connectivity index (χ0v) is 10.7. The smallest absolute Gasteiger partial charge is 0.161 e. The van der Waals surface area contributed by atoms with Crippen LogP contribution in [0.1, 0.15) is 22.8 Å². The number of nitrogens with one attached hydrogen (secondary N) is 1. The summed E-state index contributed by atoms with van der Waals surface area (Å²) in [6.45, 7) is 1.72. The van der Waals surface area contributed by atoms with Crippen LogP contribution in [0.5, 0.6) is 0 Å². The van der Waals surface area contributed by atoms with Crippen LogP contribution in [0.25, 0.3) is 10.8 Å². The molecule has 0 aromatic heterocycles. The Kier molecular flexibility index (Phi) is 3.63. The van der Waals surface area contributed by atoms with Crippen LogP contribution < -0.4 is 5.32 Å². The second-order valence-corrected chi connectivity index (χ2v) is 4.32. The highest BCUT2D eigenvalue weighted by Gasteiger charge is 2.10. The van der Waals surface area contributed by atoms with Gasteiger partial charge in [0.05, 0.1) is 5.69 Å². The lowest BCUT2D eigenvalue weighted by Crippen LogP contribution is -2.01. The third kappa shape index (κ3) is 2.22. The Morgan fingerprint density at radius 3 is 2.67 bits per heavy atom. The molecule has 94 valence electrons. The number of hydrogen-bond donors (Lipinski definition) is 2. The number of anilines is 1. The van der Waals surface area contributed by atoms with Gasteiger partial charge in [-0.15, -0.1) is 0 Å². The molecule has 0 amide bonds. The fraction of sp³-hybridized carbons (Fsp3) is 0.267. The van der Waals surface area contributed by atoms with Crippen LogP contribution in [0.2, 0.25) is 0 Å². The van der Waals surface area contributed by atoms with Gasteiger partial charge in [0.15, 0.2) is 5.78 Å². The molecule has 0 saturated heterocycles. The summed E-state index contributed by atoms with van der Waals surface area (Å²) in [6.07, 6.45) is 0.652. The van der Waals surface area contributed by atoms with E-state index in [4.69, 9.17) is 5.11 Å². The molecular formula is C15H17NO2. The van der Waals surface area contributed by atoms with E-state index in [0.29, 0.717) is 12.0 Å². The van der Waals surface area contributed by atoms with E-state index >= 15 is 0 Å². The number of aliphatic hydroxyl groups is 1. The van der Waals surface area contributed by atoms with Gasteiger partial charge in [-0.2, -0.15) is 0 Å². The average Bonchev–Trinajstić information content (AvgIpc) is 2.37. The van der Waals surface area contributed by atoms with Crippen LogP contribution in [-0.2, 0) is 6.42 Å². The van der Waals surface area contributed by atoms with E-state index < -0.39 is 0 Å². The van der Waals surface area contributed by atoms with Gasteiger partial charge < -0.3 is 10.4 Å². The van der Waals surface area contributed by atoms with E-state index in [1.54, 1.807) is 6.92 Å². The second kappa shape index (κ2) is 5.19. The van der Waals surface area contributed by atoms with Gasteiger partial charge >= 0.3 is 0 Å². The predicted octanol–water partition coefficient (Wildman–Crippen LogP) is 2.62. The molecule has 0 unspecified atom stereocenters. The highest BCUT2D eigenvalue weighted by Crippen LogP contribution is 2.28. The lowest BCUT2D eigenvalue weighted by molar-refractivity contribution is 0.101. The number of aliphatic hydroxyl groups excluding tert-OH is 1. The molecule has 2 N–H and O–H groups in total. The maximum absolute atomic E-state index is 11.6. The maximum Gasteiger partial charge on any atom is 0.161 e. The van der Waals surface area contributed by atoms with Crippen molar-refractivity contribution >= 4 is 22.2 Å². The van der Waals surface area contributed by atoms with Crippen molar-refractivity contribution in [2.45, 2.75) is 13.3 Å². The van der Waals surface area contributed by atoms with Gasteiger partial charge in [-0.05, 0) is 30.4 Å². The Hall–Kier alpha value is -1.87. The SMILES string of the molecule is CNc1c(C(C)=O)ccc2cc(CCO)ccc12. The zero-order chi connectivity index (χ0) is 13.1. The number of fused-ring (bicyclic) bond motifs is 1. The molecule has 0 aliphatic rings. The highest BCUT2D eigenvalue weighted by molar-refractivity contribution is 6.08. The van der Waals surface area contributed by atoms with Crippen LogP contribution in [-0.4, -0.2) is 24.5 Å². The van der Waals surface area contributed by atoms with Crippen molar-refractivity contribution in [3.8, 4) is 0 Å². The molecule has 3 heteroatoms. The predicted molar refractivity (Wildman–Crippen MR) is 74.3 cm³/mol. The number of carbonyl (C=O) groups is 1. The quantitative estimate of drug-likeness (QED) is 0.811. The van der Waals surface area contributed by atoms with E-state index in [-0.39, 0.29) is 12.4 Å². The number of rotatable bonds is 4. The van der Waals surface area contributed by atoms with E-state index in [9.17, 15) is 4.79 Å². The molecule has 0 spiro atoms. The van der Waals surface area contributed by atoms with Crippen LogP contribution >= 0.6 is 0 Å². The first-order chi connectivity index (χ1) is 8.67. The summed E-state index contributed by atoms with van der Waals surface area (Å²) in [5, 5.41) is 14.2. The number of hydrogen-bond acceptors (Lipinski definition) is 3. The Labute approximate surface area is 106 Å². The van der Waals surface area contributed by atoms with Crippen LogP contribution in [0.3, 0.4) is 0 Å². The minimum Gasteiger partial charge on any atom is -0.396 e. The van der Waals surface area contributed by atoms with E-state index in [1.165, 1.54) is 0 Å². The summed E-state index contributed by atoms with van der Waals surface area (Å²) >= 11 is 0. The molecule has 2 rings (SSSR count). The molecule has 2 aromatic rings. The monoisotopic (exact) mass is 243 g/mol. The lowest BCUT2D eigenvalue weighted by atomic mass is 9.99. The molecule has 2 aromatic carbocycles. The van der Waals surface area contributed by atoms with Gasteiger partial charge in [0.25, 0.3) is 0 Å². The van der Waals surface area contributed by atoms with E-state index in [0.717, 1.165) is 22.0 Å². The molecule has 18 heavy (non-hydrogen) atoms. The van der Waals surface area contributed by atoms with Crippen molar-refractivity contribution in [2.75, 3.05) is 19.0 Å². The number of Topliss-reactive ketones (excluding diaryl/α,β-unsaturated/α-hetero) is 1. The molecule has 0 aliphatic carbocycles. The van der Waals surface area contributed by atoms with E-state index in [2.05, 4.69) is 11.4 Å². The van der Waals surface area contributed by atoms with Gasteiger partial charge in [0.2, 0.25) is 0 Å². The fourth-order valence-electron chi connectivity index (χ4n) is 2.23. The highest BCUT2D eigenvalue weighted by atomic mass is 16.2. The Morgan fingerprint density at radius 1 is 1.28 bits per heavy atom. The van der Waals surface area contributed by atoms with Crippen LogP contribution in [0.4, 0.5) is 5.69 Å². The third-order valence-electron chi connectivity index (χ3n) is 3.11. The molecule has 0 saturated carbocycles. The van der Waals surface area contributed by atoms with Crippen LogP contribution in [0.15, 0.2) is 30.3 Å². The van der Waals surface area contributed by atoms with Crippen molar-refractivity contribution in [3.63, 3.8) is 0 Å². The molecular weight excluding hydrogens is 226 g/mol. The van der Waals surface area contributed by atoms with Crippen molar-refractivity contribution in [2.24, 2.45) is 0 Å². The summed E-state index contributed by atoms with van der Waals surface area (Å²) in [5.41, 5.74) is 2.68. The Balaban J connectivity index is 2.63. The van der Waals surface area contributed by atoms with Gasteiger partial charge in [0.1, 0.15) is 0 Å². The van der Waals surface area contributed by atoms with Gasteiger partial charge in [-0.3, -0.25) is 4.79 Å². The maximum atomic E-state index is 11.6. The van der Waals surface area contributed by atoms with Crippen molar-refractivity contribution in [3.05, 3.63) is 41.5 Å². The lowest BCUT2D eigenvalue weighted by Gasteiger charge is -2.11. The van der Waals surface area contributed by atoms with Crippen molar-refractivity contribution in [1.82, 2.24) is 0 Å². The molecule has 0 bridgehead atoms. The topological polar surface area (TPSA) is 49.3 Å². The molecule has 0 radical (unpaired) electrons. The summed E-state index contributed by atoms with van der Waals surface area (Å²) in [5.74, 6) is 0.0562. The number of carbonyl (C=O) groups excluding carboxylic acids is 1. The average molecular weight is 243 g/mol. The summed E-state index contributed by atoms with van der Waals surface area (Å²) < 4.78 is 0. The molecule has 0 atom stereocenters. The van der Waals surface area contributed by atoms with Crippen molar-refractivity contribution < 1.29 is 9.90 Å². The minimum absolute atomic E-state index is 0.0562. The Bertz CT molecular complexity index is 590. The molecule has 0 fully saturated rings. The van der Waals surface area contributed by atoms with Crippen LogP contribution in [0, 0.1) is 0 Å². The first-order valence-electron chi connectivity index (χ1n) is 6.02. The summed E-state index contributed by atoms with van der Waals surface area (Å²) in [4.78, 5) is 11.6. The van der Waals surface area contributed by atoms with E-state index in [1.807, 2.05) is 31.3 Å². The largest absolute Gasteiger partial charge is 0.396 e. The number of benzene rings is 2. The third-order valence-corrected chi connectivity index (χ3v) is 3.11. The molecule has 0 heterocycles. The Morgan fingerprint density at radius 2 is 2.06 bits per heavy atom. The van der Waals surface area contributed by atoms with Gasteiger partial charge in [-0.25, -0.2) is 0 Å². The second-order valence-electron chi connectivity index (χ2n) is 4.32. The first-order valence-corrected chi connectivity index (χ1v) is 6.02. The minimum atomic E-state index is 0.0562. The van der Waals surface area contributed by atoms with Crippen molar-refractivity contribution in [1.29, 1.82) is 0 Å². The molecule has 3 nitrogen and oxygen atoms in total. The standard InChI is InChI=1S/C15H17NO2/c1-10(18)13-6-4-12-9-11(7-8-17)3-5-14(12)15(13)16-2/h3-6,9,16-17H,7-8H2,1-2H3. The molecule has 0 aliphatic heterocycles. The summed E-state index contributed by atoms with van der Waals surface area (Å²) in [6, 6.07) is 9.84. The summed E-state index contributed by atoms with van der Waals surface area (Å²) in [7, 11) is 1.82. The number of ketones is 1. The normalized spacial score (nSPS) is 10.6. The van der Waals surface area contributed by atoms with Gasteiger partial charge in [0, 0.05) is 24.6 Å². The first kappa shape index (κ1) is 12.6. The zero-order valence-electron chi connectivity index (χ0n) is 10.7. The fourth-order valence-corrected chi connectivity index (χ4v) is 2.23.